The van der Waals surface area contributed by atoms with Gasteiger partial charge in [-0.2, -0.15) is 0 Å². The fourth-order valence-corrected chi connectivity index (χ4v) is 6.58. The Hall–Kier alpha value is -3.29. The van der Waals surface area contributed by atoms with Crippen LogP contribution in [0.3, 0.4) is 0 Å². The van der Waals surface area contributed by atoms with Gasteiger partial charge >= 0.3 is 6.03 Å². The average Bonchev–Trinajstić information content (AvgIpc) is 3.69. The van der Waals surface area contributed by atoms with Crippen LogP contribution in [0.4, 0.5) is 16.2 Å². The molecule has 3 aliphatic rings. The molecule has 0 aliphatic carbocycles. The van der Waals surface area contributed by atoms with Crippen LogP contribution in [0.25, 0.3) is 5.69 Å². The maximum absolute atomic E-state index is 13.9. The van der Waals surface area contributed by atoms with Crippen LogP contribution in [-0.4, -0.2) is 64.6 Å². The molecule has 38 heavy (non-hydrogen) atoms. The van der Waals surface area contributed by atoms with Crippen LogP contribution >= 0.6 is 11.6 Å². The van der Waals surface area contributed by atoms with Crippen molar-refractivity contribution in [2.24, 2.45) is 0 Å². The number of urea groups is 1. The summed E-state index contributed by atoms with van der Waals surface area (Å²) in [6, 6.07) is 18.0. The summed E-state index contributed by atoms with van der Waals surface area (Å²) < 4.78 is 1.94. The minimum atomic E-state index is -0.815. The highest BCUT2D eigenvalue weighted by Crippen LogP contribution is 2.41. The molecule has 3 aromatic rings. The number of benzene rings is 2. The zero-order chi connectivity index (χ0) is 26.3. The van der Waals surface area contributed by atoms with Crippen LogP contribution in [0.1, 0.15) is 38.2 Å². The maximum atomic E-state index is 13.9. The molecule has 0 saturated carbocycles. The van der Waals surface area contributed by atoms with E-state index in [9.17, 15) is 9.59 Å². The first kappa shape index (κ1) is 25.0. The second kappa shape index (κ2) is 10.1. The Kier molecular flexibility index (Phi) is 6.66. The molecule has 4 heterocycles. The number of halogens is 1. The molecule has 3 fully saturated rings. The number of aromatic nitrogens is 1. The minimum absolute atomic E-state index is 0.158. The van der Waals surface area contributed by atoms with Crippen molar-refractivity contribution in [3.8, 4) is 5.69 Å². The lowest BCUT2D eigenvalue weighted by molar-refractivity contribution is -0.127. The lowest BCUT2D eigenvalue weighted by Gasteiger charge is -2.41. The first-order valence-corrected chi connectivity index (χ1v) is 14.0. The van der Waals surface area contributed by atoms with E-state index in [4.69, 9.17) is 11.6 Å². The highest BCUT2D eigenvalue weighted by molar-refractivity contribution is 6.36. The van der Waals surface area contributed by atoms with Crippen molar-refractivity contribution in [1.82, 2.24) is 14.4 Å². The third-order valence-electron chi connectivity index (χ3n) is 8.43. The summed E-state index contributed by atoms with van der Waals surface area (Å²) >= 11 is 6.65. The number of nitrogens with zero attached hydrogens (tertiary/aromatic N) is 5. The third kappa shape index (κ3) is 4.28. The van der Waals surface area contributed by atoms with Gasteiger partial charge in [0.25, 0.3) is 5.91 Å². The molecule has 3 aliphatic heterocycles. The normalized spacial score (nSPS) is 19.8. The Bertz CT molecular complexity index is 1310. The van der Waals surface area contributed by atoms with E-state index in [2.05, 4.69) is 34.1 Å². The predicted molar refractivity (Wildman–Crippen MR) is 151 cm³/mol. The van der Waals surface area contributed by atoms with Gasteiger partial charge in [-0.25, -0.2) is 9.69 Å². The molecule has 3 amide bonds. The van der Waals surface area contributed by atoms with Crippen LogP contribution in [0.5, 0.6) is 0 Å². The molecule has 3 saturated heterocycles. The zero-order valence-corrected chi connectivity index (χ0v) is 22.6. The van der Waals surface area contributed by atoms with Crippen molar-refractivity contribution in [3.05, 3.63) is 77.6 Å². The van der Waals surface area contributed by atoms with E-state index < -0.39 is 5.54 Å². The van der Waals surface area contributed by atoms with Crippen LogP contribution < -0.4 is 9.80 Å². The first-order valence-electron chi connectivity index (χ1n) is 13.7. The number of rotatable bonds is 6. The summed E-state index contributed by atoms with van der Waals surface area (Å²) in [5, 5.41) is 0.390. The van der Waals surface area contributed by atoms with Gasteiger partial charge in [-0.3, -0.25) is 9.69 Å². The number of piperidine rings is 1. The zero-order valence-electron chi connectivity index (χ0n) is 21.9. The number of hydrogen-bond acceptors (Lipinski definition) is 4. The van der Waals surface area contributed by atoms with Crippen molar-refractivity contribution >= 4 is 34.9 Å². The number of carbonyl (C=O) groups is 2. The van der Waals surface area contributed by atoms with E-state index in [0.717, 1.165) is 38.4 Å². The molecule has 1 aromatic heterocycles. The standard InChI is InChI=1S/C30H34ClN5O2/c1-2-35-29(38)36(27-12-11-25(21-26(27)31)34-17-5-6-18-34)28(37)30(35)13-19-32(20-14-30)22-23-7-9-24(10-8-23)33-15-3-4-16-33/h5-12,17-18,21H,2-4,13-16,19-20,22H2,1H3. The smallest absolute Gasteiger partial charge is 0.332 e. The Morgan fingerprint density at radius 2 is 1.53 bits per heavy atom. The second-order valence-electron chi connectivity index (χ2n) is 10.6. The van der Waals surface area contributed by atoms with Crippen molar-refractivity contribution in [3.63, 3.8) is 0 Å². The predicted octanol–water partition coefficient (Wildman–Crippen LogP) is 5.55. The first-order chi connectivity index (χ1) is 18.5. The van der Waals surface area contributed by atoms with Gasteiger partial charge in [0.05, 0.1) is 10.7 Å². The summed E-state index contributed by atoms with van der Waals surface area (Å²) in [5.41, 5.74) is 3.10. The van der Waals surface area contributed by atoms with E-state index in [1.165, 1.54) is 29.0 Å². The van der Waals surface area contributed by atoms with Gasteiger partial charge in [0.1, 0.15) is 5.54 Å². The van der Waals surface area contributed by atoms with Gasteiger partial charge in [0.15, 0.2) is 0 Å². The quantitative estimate of drug-likeness (QED) is 0.391. The Morgan fingerprint density at radius 3 is 2.16 bits per heavy atom. The molecule has 1 spiro atoms. The highest BCUT2D eigenvalue weighted by Gasteiger charge is 2.58. The van der Waals surface area contributed by atoms with Crippen LogP contribution in [0.15, 0.2) is 67.0 Å². The fraction of sp³-hybridized carbons (Fsp3) is 0.400. The molecule has 7 nitrogen and oxygen atoms in total. The largest absolute Gasteiger partial charge is 0.372 e. The van der Waals surface area contributed by atoms with Gasteiger partial charge in [-0.15, -0.1) is 0 Å². The van der Waals surface area contributed by atoms with Gasteiger partial charge < -0.3 is 14.4 Å². The molecular formula is C30H34ClN5O2. The summed E-state index contributed by atoms with van der Waals surface area (Å²) in [5.74, 6) is -0.158. The van der Waals surface area contributed by atoms with E-state index in [0.29, 0.717) is 30.1 Å². The number of likely N-dealkylation sites (N-methyl/N-ethyl adjacent to an activating group) is 1. The summed E-state index contributed by atoms with van der Waals surface area (Å²) in [7, 11) is 0. The summed E-state index contributed by atoms with van der Waals surface area (Å²) in [6.07, 6.45) is 7.65. The van der Waals surface area contributed by atoms with E-state index in [1.807, 2.05) is 42.1 Å². The van der Waals surface area contributed by atoms with Gasteiger partial charge in [-0.1, -0.05) is 23.7 Å². The van der Waals surface area contributed by atoms with E-state index in [-0.39, 0.29) is 11.9 Å². The monoisotopic (exact) mass is 531 g/mol. The maximum Gasteiger partial charge on any atom is 0.332 e. The van der Waals surface area contributed by atoms with Crippen molar-refractivity contribution < 1.29 is 9.59 Å². The van der Waals surface area contributed by atoms with Crippen molar-refractivity contribution in [1.29, 1.82) is 0 Å². The number of anilines is 2. The second-order valence-corrected chi connectivity index (χ2v) is 11.0. The Morgan fingerprint density at radius 1 is 0.868 bits per heavy atom. The number of carbonyl (C=O) groups excluding carboxylic acids is 2. The summed E-state index contributed by atoms with van der Waals surface area (Å²) in [4.78, 5) is 35.4. The van der Waals surface area contributed by atoms with Gasteiger partial charge in [0, 0.05) is 63.0 Å². The fourth-order valence-electron chi connectivity index (χ4n) is 6.32. The molecule has 0 unspecified atom stereocenters. The lowest BCUT2D eigenvalue weighted by atomic mass is 9.85. The molecule has 0 atom stereocenters. The topological polar surface area (TPSA) is 52.0 Å². The number of hydrogen-bond donors (Lipinski definition) is 0. The van der Waals surface area contributed by atoms with Gasteiger partial charge in [-0.05, 0) is 80.6 Å². The van der Waals surface area contributed by atoms with E-state index >= 15 is 0 Å². The molecule has 0 N–H and O–H groups in total. The molecule has 0 radical (unpaired) electrons. The van der Waals surface area contributed by atoms with Crippen LogP contribution in [-0.2, 0) is 11.3 Å². The van der Waals surface area contributed by atoms with E-state index in [1.54, 1.807) is 17.0 Å². The SMILES string of the molecule is CCN1C(=O)N(c2ccc(-n3cccc3)cc2Cl)C(=O)C12CCN(Cc1ccc(N3CCCC3)cc1)CC2. The van der Waals surface area contributed by atoms with Crippen LogP contribution in [0.2, 0.25) is 5.02 Å². The molecule has 0 bridgehead atoms. The number of amides is 3. The molecule has 6 rings (SSSR count). The minimum Gasteiger partial charge on any atom is -0.372 e. The van der Waals surface area contributed by atoms with Crippen LogP contribution in [0, 0.1) is 0 Å². The van der Waals surface area contributed by atoms with Crippen molar-refractivity contribution in [2.45, 2.75) is 44.7 Å². The number of likely N-dealkylation sites (tertiary alicyclic amines) is 1. The van der Waals surface area contributed by atoms with Gasteiger partial charge in [0.2, 0.25) is 0 Å². The molecule has 198 valence electrons. The number of imide groups is 1. The average molecular weight is 532 g/mol. The third-order valence-corrected chi connectivity index (χ3v) is 8.73. The lowest BCUT2D eigenvalue weighted by Crippen LogP contribution is -2.56. The Balaban J connectivity index is 1.16. The van der Waals surface area contributed by atoms with Crippen molar-refractivity contribution in [2.75, 3.05) is 42.5 Å². The summed E-state index contributed by atoms with van der Waals surface area (Å²) in [6.45, 7) is 7.09. The molecular weight excluding hydrogens is 498 g/mol. The Labute approximate surface area is 229 Å². The highest BCUT2D eigenvalue weighted by atomic mass is 35.5. The molecule has 8 heteroatoms. The molecule has 2 aromatic carbocycles.